The summed E-state index contributed by atoms with van der Waals surface area (Å²) in [7, 11) is 1.60. The monoisotopic (exact) mass is 516 g/mol. The van der Waals surface area contributed by atoms with Gasteiger partial charge in [0.25, 0.3) is 5.91 Å². The average Bonchev–Trinajstić information content (AvgIpc) is 2.72. The Labute approximate surface area is 190 Å². The molecule has 1 amide bonds. The Hall–Kier alpha value is -2.74. The zero-order valence-electron chi connectivity index (χ0n) is 17.3. The van der Waals surface area contributed by atoms with E-state index in [1.807, 2.05) is 55.5 Å². The van der Waals surface area contributed by atoms with E-state index in [1.165, 1.54) is 5.56 Å². The van der Waals surface area contributed by atoms with Gasteiger partial charge in [-0.1, -0.05) is 30.3 Å². The van der Waals surface area contributed by atoms with Gasteiger partial charge < -0.3 is 20.1 Å². The van der Waals surface area contributed by atoms with Crippen LogP contribution in [0.2, 0.25) is 0 Å². The van der Waals surface area contributed by atoms with Crippen LogP contribution in [0.4, 0.5) is 11.4 Å². The molecule has 3 rings (SSSR count). The van der Waals surface area contributed by atoms with E-state index in [2.05, 4.69) is 52.3 Å². The molecule has 6 heteroatoms. The first-order valence-corrected chi connectivity index (χ1v) is 10.7. The molecule has 30 heavy (non-hydrogen) atoms. The number of carbonyl (C=O) groups excluding carboxylic acids is 1. The van der Waals surface area contributed by atoms with E-state index in [4.69, 9.17) is 9.47 Å². The predicted octanol–water partition coefficient (Wildman–Crippen LogP) is 5.55. The number of para-hydroxylation sites is 1. The van der Waals surface area contributed by atoms with E-state index < -0.39 is 0 Å². The Morgan fingerprint density at radius 2 is 1.83 bits per heavy atom. The molecule has 0 fully saturated rings. The molecule has 0 heterocycles. The van der Waals surface area contributed by atoms with Gasteiger partial charge in [-0.2, -0.15) is 0 Å². The van der Waals surface area contributed by atoms with Gasteiger partial charge in [-0.25, -0.2) is 0 Å². The maximum atomic E-state index is 12.3. The molecule has 3 aromatic rings. The third-order valence-corrected chi connectivity index (χ3v) is 5.37. The van der Waals surface area contributed by atoms with Crippen molar-refractivity contribution in [2.24, 2.45) is 0 Å². The molecule has 0 aliphatic carbocycles. The number of hydrogen-bond donors (Lipinski definition) is 2. The fourth-order valence-corrected chi connectivity index (χ4v) is 3.86. The lowest BCUT2D eigenvalue weighted by Gasteiger charge is -2.15. The Kier molecular flexibility index (Phi) is 7.57. The maximum Gasteiger partial charge on any atom is 0.262 e. The fourth-order valence-electron chi connectivity index (χ4n) is 3.04. The highest BCUT2D eigenvalue weighted by Gasteiger charge is 2.14. The largest absolute Gasteiger partial charge is 0.493 e. The van der Waals surface area contributed by atoms with Crippen LogP contribution in [0.3, 0.4) is 0 Å². The standard InChI is InChI=1S/C24H25IN2O3/c1-16-7-6-9-19(11-16)27-23(28)15-30-24-20(25)12-18(13-22(24)29-3)14-26-21-10-5-4-8-17(21)2/h4-13,26H,14-15H2,1-3H3,(H,27,28). The van der Waals surface area contributed by atoms with Gasteiger partial charge in [-0.15, -0.1) is 0 Å². The zero-order chi connectivity index (χ0) is 21.5. The lowest BCUT2D eigenvalue weighted by atomic mass is 10.1. The van der Waals surface area contributed by atoms with Crippen molar-refractivity contribution >= 4 is 39.9 Å². The molecular formula is C24H25IN2O3. The summed E-state index contributed by atoms with van der Waals surface area (Å²) < 4.78 is 12.2. The summed E-state index contributed by atoms with van der Waals surface area (Å²) in [5.41, 5.74) is 5.19. The summed E-state index contributed by atoms with van der Waals surface area (Å²) in [6, 6.07) is 19.8. The topological polar surface area (TPSA) is 59.6 Å². The highest BCUT2D eigenvalue weighted by atomic mass is 127. The first-order valence-electron chi connectivity index (χ1n) is 9.61. The lowest BCUT2D eigenvalue weighted by Crippen LogP contribution is -2.20. The predicted molar refractivity (Wildman–Crippen MR) is 130 cm³/mol. The summed E-state index contributed by atoms with van der Waals surface area (Å²) in [4.78, 5) is 12.3. The second-order valence-electron chi connectivity index (χ2n) is 6.98. The lowest BCUT2D eigenvalue weighted by molar-refractivity contribution is -0.118. The number of rotatable bonds is 8. The van der Waals surface area contributed by atoms with Gasteiger partial charge in [0.1, 0.15) is 0 Å². The van der Waals surface area contributed by atoms with Crippen LogP contribution in [-0.4, -0.2) is 19.6 Å². The van der Waals surface area contributed by atoms with Crippen molar-refractivity contribution in [3.63, 3.8) is 0 Å². The molecular weight excluding hydrogens is 491 g/mol. The molecule has 156 valence electrons. The molecule has 0 saturated carbocycles. The molecule has 0 spiro atoms. The van der Waals surface area contributed by atoms with E-state index in [0.717, 1.165) is 26.1 Å². The van der Waals surface area contributed by atoms with Crippen LogP contribution in [0.5, 0.6) is 11.5 Å². The summed E-state index contributed by atoms with van der Waals surface area (Å²) in [5, 5.41) is 6.29. The van der Waals surface area contributed by atoms with Crippen LogP contribution < -0.4 is 20.1 Å². The third-order valence-electron chi connectivity index (χ3n) is 4.57. The number of methoxy groups -OCH3 is 1. The van der Waals surface area contributed by atoms with Gasteiger partial charge in [0.05, 0.1) is 10.7 Å². The van der Waals surface area contributed by atoms with E-state index in [0.29, 0.717) is 18.0 Å². The second-order valence-corrected chi connectivity index (χ2v) is 8.15. The van der Waals surface area contributed by atoms with Gasteiger partial charge in [-0.3, -0.25) is 4.79 Å². The Balaban J connectivity index is 1.65. The van der Waals surface area contributed by atoms with Crippen LogP contribution in [0.1, 0.15) is 16.7 Å². The smallest absolute Gasteiger partial charge is 0.262 e. The van der Waals surface area contributed by atoms with Gasteiger partial charge in [0.15, 0.2) is 18.1 Å². The molecule has 0 radical (unpaired) electrons. The summed E-state index contributed by atoms with van der Waals surface area (Å²) in [6.07, 6.45) is 0. The number of ether oxygens (including phenoxy) is 2. The zero-order valence-corrected chi connectivity index (χ0v) is 19.4. The quantitative estimate of drug-likeness (QED) is 0.386. The van der Waals surface area contributed by atoms with E-state index >= 15 is 0 Å². The van der Waals surface area contributed by atoms with E-state index in [9.17, 15) is 4.79 Å². The van der Waals surface area contributed by atoms with E-state index in [-0.39, 0.29) is 12.5 Å². The number of nitrogens with one attached hydrogen (secondary N) is 2. The second kappa shape index (κ2) is 10.3. The third kappa shape index (κ3) is 5.89. The van der Waals surface area contributed by atoms with Crippen LogP contribution in [0, 0.1) is 17.4 Å². The van der Waals surface area contributed by atoms with Crippen LogP contribution in [-0.2, 0) is 11.3 Å². The van der Waals surface area contributed by atoms with Crippen molar-refractivity contribution in [3.05, 3.63) is 80.9 Å². The maximum absolute atomic E-state index is 12.3. The van der Waals surface area contributed by atoms with Crippen molar-refractivity contribution < 1.29 is 14.3 Å². The van der Waals surface area contributed by atoms with Crippen LogP contribution in [0.15, 0.2) is 60.7 Å². The molecule has 0 aliphatic heterocycles. The van der Waals surface area contributed by atoms with Crippen molar-refractivity contribution in [2.75, 3.05) is 24.4 Å². The fraction of sp³-hybridized carbons (Fsp3) is 0.208. The highest BCUT2D eigenvalue weighted by Crippen LogP contribution is 2.34. The minimum atomic E-state index is -0.219. The SMILES string of the molecule is COc1cc(CNc2ccccc2C)cc(I)c1OCC(=O)Nc1cccc(C)c1. The van der Waals surface area contributed by atoms with Crippen molar-refractivity contribution in [2.45, 2.75) is 20.4 Å². The first kappa shape index (κ1) is 22.0. The molecule has 0 bridgehead atoms. The summed E-state index contributed by atoms with van der Waals surface area (Å²) in [6.45, 7) is 4.62. The Bertz CT molecular complexity index is 1040. The molecule has 0 unspecified atom stereocenters. The normalized spacial score (nSPS) is 10.4. The van der Waals surface area contributed by atoms with Gasteiger partial charge in [0.2, 0.25) is 0 Å². The van der Waals surface area contributed by atoms with Crippen molar-refractivity contribution in [1.29, 1.82) is 0 Å². The van der Waals surface area contributed by atoms with Crippen LogP contribution in [0.25, 0.3) is 0 Å². The Morgan fingerprint density at radius 3 is 2.57 bits per heavy atom. The number of benzene rings is 3. The van der Waals surface area contributed by atoms with Crippen LogP contribution >= 0.6 is 22.6 Å². The Morgan fingerprint density at radius 1 is 1.03 bits per heavy atom. The van der Waals surface area contributed by atoms with Gasteiger partial charge in [0, 0.05) is 17.9 Å². The number of anilines is 2. The molecule has 5 nitrogen and oxygen atoms in total. The average molecular weight is 516 g/mol. The minimum absolute atomic E-state index is 0.0961. The number of aryl methyl sites for hydroxylation is 2. The van der Waals surface area contributed by atoms with E-state index in [1.54, 1.807) is 7.11 Å². The summed E-state index contributed by atoms with van der Waals surface area (Å²) in [5.74, 6) is 0.952. The number of carbonyl (C=O) groups is 1. The number of halogens is 1. The number of hydrogen-bond acceptors (Lipinski definition) is 4. The molecule has 3 aromatic carbocycles. The molecule has 2 N–H and O–H groups in total. The number of amides is 1. The van der Waals surface area contributed by atoms with Gasteiger partial charge in [-0.05, 0) is 83.5 Å². The first-order chi connectivity index (χ1) is 14.5. The molecule has 0 aromatic heterocycles. The van der Waals surface area contributed by atoms with Gasteiger partial charge >= 0.3 is 0 Å². The van der Waals surface area contributed by atoms with Crippen molar-refractivity contribution in [1.82, 2.24) is 0 Å². The molecule has 0 saturated heterocycles. The molecule has 0 atom stereocenters. The molecule has 0 aliphatic rings. The minimum Gasteiger partial charge on any atom is -0.493 e. The van der Waals surface area contributed by atoms with Crippen molar-refractivity contribution in [3.8, 4) is 11.5 Å². The summed E-state index contributed by atoms with van der Waals surface area (Å²) >= 11 is 2.21. The highest BCUT2D eigenvalue weighted by molar-refractivity contribution is 14.1.